The van der Waals surface area contributed by atoms with Crippen molar-refractivity contribution in [3.05, 3.63) is 0 Å². The van der Waals surface area contributed by atoms with Gasteiger partial charge < -0.3 is 0 Å². The van der Waals surface area contributed by atoms with Crippen molar-refractivity contribution in [2.75, 3.05) is 0 Å². The molecule has 0 spiro atoms. The van der Waals surface area contributed by atoms with E-state index < -0.39 is 3.20 Å². The van der Waals surface area contributed by atoms with Gasteiger partial charge in [-0.3, -0.25) is 0 Å². The minimum absolute atomic E-state index is 0.417. The first kappa shape index (κ1) is 6.11. The Balaban J connectivity index is 3.02. The molecule has 0 rings (SSSR count). The first-order valence-electron chi connectivity index (χ1n) is 1.38. The van der Waals surface area contributed by atoms with Crippen LogP contribution in [-0.2, 0) is 0 Å². The third-order valence-electron chi connectivity index (χ3n) is 0. The number of hydrogen-bond donors (Lipinski definition) is 0. The Kier molecular flexibility index (Phi) is 2.09. The summed E-state index contributed by atoms with van der Waals surface area (Å²) in [6.07, 6.45) is 0. The van der Waals surface area contributed by atoms with Gasteiger partial charge in [0, 0.05) is 0 Å². The molecule has 0 unspecified atom stereocenters. The second kappa shape index (κ2) is 1.71. The summed E-state index contributed by atoms with van der Waals surface area (Å²) in [6.45, 7) is 1.78. The Bertz CT molecular complexity index is 23.1. The van der Waals surface area contributed by atoms with E-state index in [1.54, 1.807) is 6.92 Å². The topological polar surface area (TPSA) is 0 Å². The molecule has 5 heavy (non-hydrogen) atoms. The number of hydrogen-bond acceptors (Lipinski definition) is 0. The molecule has 0 bridgehead atoms. The molecular weight excluding hydrogens is 122 g/mol. The molecule has 0 saturated carbocycles. The average Bonchev–Trinajstić information content (AvgIpc) is 0.722. The Morgan fingerprint density at radius 1 is 1.60 bits per heavy atom. The van der Waals surface area contributed by atoms with Crippen molar-refractivity contribution >= 4 is 39.5 Å². The molecule has 0 saturated heterocycles. The van der Waals surface area contributed by atoms with Gasteiger partial charge in [-0.25, -0.2) is 0 Å². The predicted octanol–water partition coefficient (Wildman–Crippen LogP) is 0.771. The van der Waals surface area contributed by atoms with Crippen LogP contribution < -0.4 is 0 Å². The molecule has 0 aromatic heterocycles. The number of halogens is 2. The smallest absolute Gasteiger partial charge is 0.121 e. The number of rotatable bonds is 0. The zero-order valence-electron chi connectivity index (χ0n) is 3.26. The lowest BCUT2D eigenvalue weighted by molar-refractivity contribution is 1.27. The maximum absolute atomic E-state index is 5.36. The lowest BCUT2D eigenvalue weighted by Crippen LogP contribution is -2.02. The first-order valence-corrected chi connectivity index (χ1v) is 3.13. The standard InChI is InChI=1S/C2H3Cl2.Al.2H/c1-2(3)4;;;/h1H3;;;. The van der Waals surface area contributed by atoms with Crippen LogP contribution in [-0.4, -0.2) is 19.5 Å². The fourth-order valence-corrected chi connectivity index (χ4v) is 0. The summed E-state index contributed by atoms with van der Waals surface area (Å²) in [5, 5.41) is 0. The van der Waals surface area contributed by atoms with Crippen LogP contribution in [0.2, 0.25) is 0 Å². The first-order chi connectivity index (χ1) is 2.00. The van der Waals surface area contributed by atoms with E-state index in [1.165, 1.54) is 0 Å². The Hall–Kier alpha value is 1.11. The normalized spacial score (nSPS) is 11.8. The minimum Gasteiger partial charge on any atom is -0.121 e. The van der Waals surface area contributed by atoms with Crippen molar-refractivity contribution < 1.29 is 0 Å². The summed E-state index contributed by atoms with van der Waals surface area (Å²) in [5.74, 6) is 0. The summed E-state index contributed by atoms with van der Waals surface area (Å²) in [7, 11) is 0. The maximum atomic E-state index is 5.36. The van der Waals surface area contributed by atoms with Crippen LogP contribution in [0.25, 0.3) is 0 Å². The predicted molar refractivity (Wildman–Crippen MR) is 28.7 cm³/mol. The Morgan fingerprint density at radius 3 is 1.60 bits per heavy atom. The quantitative estimate of drug-likeness (QED) is 0.333. The van der Waals surface area contributed by atoms with Gasteiger partial charge >= 0.3 is 0 Å². The third-order valence-corrected chi connectivity index (χ3v) is 0. The molecule has 0 amide bonds. The Morgan fingerprint density at radius 2 is 1.60 bits per heavy atom. The second-order valence-corrected chi connectivity index (χ2v) is 6.68. The molecule has 30 valence electrons. The van der Waals surface area contributed by atoms with Gasteiger partial charge in [-0.15, -0.1) is 23.2 Å². The zero-order chi connectivity index (χ0) is 4.50. The van der Waals surface area contributed by atoms with Crippen LogP contribution in [0, 0.1) is 0 Å². The monoisotopic (exact) mass is 126 g/mol. The van der Waals surface area contributed by atoms with Gasteiger partial charge in [0.1, 0.15) is 0 Å². The highest BCUT2D eigenvalue weighted by Gasteiger charge is 2.03. The van der Waals surface area contributed by atoms with Crippen LogP contribution in [0.5, 0.6) is 0 Å². The van der Waals surface area contributed by atoms with Crippen molar-refractivity contribution in [2.45, 2.75) is 10.1 Å². The molecular formula is C2H5AlCl2. The van der Waals surface area contributed by atoms with E-state index in [0.29, 0.717) is 0 Å². The molecule has 0 nitrogen and oxygen atoms in total. The highest BCUT2D eigenvalue weighted by atomic mass is 35.5. The fraction of sp³-hybridized carbons (Fsp3) is 1.00. The van der Waals surface area contributed by atoms with E-state index in [0.717, 1.165) is 16.3 Å². The van der Waals surface area contributed by atoms with E-state index in [-0.39, 0.29) is 0 Å². The summed E-state index contributed by atoms with van der Waals surface area (Å²) in [5.41, 5.74) is 0. The molecule has 0 aromatic rings. The van der Waals surface area contributed by atoms with Crippen molar-refractivity contribution in [1.82, 2.24) is 0 Å². The van der Waals surface area contributed by atoms with Gasteiger partial charge in [-0.05, 0) is 6.92 Å². The molecule has 0 atom stereocenters. The van der Waals surface area contributed by atoms with Crippen molar-refractivity contribution in [3.63, 3.8) is 0 Å². The van der Waals surface area contributed by atoms with Crippen molar-refractivity contribution in [3.8, 4) is 0 Å². The average molecular weight is 127 g/mol. The molecule has 0 radical (unpaired) electrons. The summed E-state index contributed by atoms with van der Waals surface area (Å²) < 4.78 is -0.417. The summed E-state index contributed by atoms with van der Waals surface area (Å²) in [4.78, 5) is 0. The molecule has 3 heteroatoms. The van der Waals surface area contributed by atoms with E-state index in [4.69, 9.17) is 23.2 Å². The summed E-state index contributed by atoms with van der Waals surface area (Å²) >= 11 is 11.6. The lowest BCUT2D eigenvalue weighted by Gasteiger charge is -1.98. The van der Waals surface area contributed by atoms with Gasteiger partial charge in [0.15, 0.2) is 0 Å². The molecule has 0 aliphatic rings. The molecule has 0 aliphatic heterocycles. The van der Waals surface area contributed by atoms with E-state index in [9.17, 15) is 0 Å². The van der Waals surface area contributed by atoms with Crippen LogP contribution in [0.3, 0.4) is 0 Å². The van der Waals surface area contributed by atoms with Gasteiger partial charge in [0.2, 0.25) is 0 Å². The molecule has 0 heterocycles. The lowest BCUT2D eigenvalue weighted by atomic mass is 10.9. The summed E-state index contributed by atoms with van der Waals surface area (Å²) in [6, 6.07) is 0. The van der Waals surface area contributed by atoms with Gasteiger partial charge in [-0.1, -0.05) is 0 Å². The number of alkyl halides is 2. The van der Waals surface area contributed by atoms with E-state index in [1.807, 2.05) is 0 Å². The molecule has 0 N–H and O–H groups in total. The zero-order valence-corrected chi connectivity index (χ0v) is 6.77. The van der Waals surface area contributed by atoms with Gasteiger partial charge in [0.25, 0.3) is 16.3 Å². The van der Waals surface area contributed by atoms with Crippen LogP contribution in [0.1, 0.15) is 6.92 Å². The van der Waals surface area contributed by atoms with Gasteiger partial charge in [0.05, 0.1) is 3.20 Å². The van der Waals surface area contributed by atoms with Crippen molar-refractivity contribution in [1.29, 1.82) is 0 Å². The Labute approximate surface area is 49.9 Å². The van der Waals surface area contributed by atoms with E-state index >= 15 is 0 Å². The van der Waals surface area contributed by atoms with Crippen molar-refractivity contribution in [2.24, 2.45) is 0 Å². The molecule has 0 aromatic carbocycles. The van der Waals surface area contributed by atoms with Crippen LogP contribution in [0.15, 0.2) is 0 Å². The third kappa shape index (κ3) is 40.0. The highest BCUT2D eigenvalue weighted by Crippen LogP contribution is 2.11. The van der Waals surface area contributed by atoms with Crippen LogP contribution >= 0.6 is 23.2 Å². The maximum Gasteiger partial charge on any atom is 0.270 e. The van der Waals surface area contributed by atoms with Gasteiger partial charge in [-0.2, -0.15) is 0 Å². The molecule has 0 aliphatic carbocycles. The van der Waals surface area contributed by atoms with E-state index in [2.05, 4.69) is 0 Å². The largest absolute Gasteiger partial charge is 0.270 e. The fourth-order valence-electron chi connectivity index (χ4n) is 0. The molecule has 0 fully saturated rings. The highest BCUT2D eigenvalue weighted by molar-refractivity contribution is 6.64. The van der Waals surface area contributed by atoms with Crippen LogP contribution in [0.4, 0.5) is 0 Å². The second-order valence-electron chi connectivity index (χ2n) is 1.33. The minimum atomic E-state index is -0.417. The SMILES string of the molecule is C[C]([AlH2])(Cl)Cl.